The van der Waals surface area contributed by atoms with Crippen molar-refractivity contribution in [3.63, 3.8) is 0 Å². The van der Waals surface area contributed by atoms with E-state index in [1.165, 1.54) is 22.5 Å². The molecule has 108 valence electrons. The molecule has 2 aromatic rings. The van der Waals surface area contributed by atoms with E-state index < -0.39 is 4.92 Å². The minimum atomic E-state index is -0.582. The van der Waals surface area contributed by atoms with E-state index in [9.17, 15) is 14.9 Å². The van der Waals surface area contributed by atoms with Crippen LogP contribution in [-0.2, 0) is 17.8 Å². The Balaban J connectivity index is 1.63. The molecule has 0 fully saturated rings. The standard InChI is InChI=1S/C14H14N4O3/c19-14(9-17-8-7-13(16-17)18(20)21)15-12-6-5-10-3-1-2-4-11(10)12/h1-4,7-8,12H,5-6,9H2,(H,15,19). The number of rotatable bonds is 4. The van der Waals surface area contributed by atoms with Crippen LogP contribution in [0.2, 0.25) is 0 Å². The van der Waals surface area contributed by atoms with Gasteiger partial charge in [0.15, 0.2) is 0 Å². The number of benzene rings is 1. The Bertz CT molecular complexity index is 695. The molecule has 21 heavy (non-hydrogen) atoms. The number of aryl methyl sites for hydroxylation is 1. The Labute approximate surface area is 120 Å². The van der Waals surface area contributed by atoms with Crippen LogP contribution >= 0.6 is 0 Å². The van der Waals surface area contributed by atoms with Gasteiger partial charge in [0.25, 0.3) is 0 Å². The molecule has 1 atom stereocenters. The van der Waals surface area contributed by atoms with Gasteiger partial charge in [-0.05, 0) is 28.9 Å². The van der Waals surface area contributed by atoms with E-state index >= 15 is 0 Å². The third-order valence-corrected chi connectivity index (χ3v) is 3.59. The van der Waals surface area contributed by atoms with Crippen molar-refractivity contribution in [2.45, 2.75) is 25.4 Å². The van der Waals surface area contributed by atoms with Gasteiger partial charge in [0.2, 0.25) is 5.91 Å². The van der Waals surface area contributed by atoms with Crippen molar-refractivity contribution < 1.29 is 9.72 Å². The summed E-state index contributed by atoms with van der Waals surface area (Å²) in [7, 11) is 0. The van der Waals surface area contributed by atoms with Crippen LogP contribution in [0, 0.1) is 10.1 Å². The molecule has 0 saturated carbocycles. The number of fused-ring (bicyclic) bond motifs is 1. The van der Waals surface area contributed by atoms with Crippen molar-refractivity contribution in [1.29, 1.82) is 0 Å². The van der Waals surface area contributed by atoms with Crippen LogP contribution in [0.3, 0.4) is 0 Å². The molecule has 0 spiro atoms. The Morgan fingerprint density at radius 2 is 2.24 bits per heavy atom. The maximum absolute atomic E-state index is 12.0. The summed E-state index contributed by atoms with van der Waals surface area (Å²) in [5, 5.41) is 17.2. The lowest BCUT2D eigenvalue weighted by molar-refractivity contribution is -0.389. The molecule has 0 radical (unpaired) electrons. The van der Waals surface area contributed by atoms with Crippen LogP contribution in [-0.4, -0.2) is 20.6 Å². The summed E-state index contributed by atoms with van der Waals surface area (Å²) < 4.78 is 1.27. The first-order valence-corrected chi connectivity index (χ1v) is 6.68. The van der Waals surface area contributed by atoms with Crippen LogP contribution in [0.5, 0.6) is 0 Å². The van der Waals surface area contributed by atoms with Gasteiger partial charge in [0, 0.05) is 0 Å². The number of amides is 1. The highest BCUT2D eigenvalue weighted by Gasteiger charge is 2.24. The van der Waals surface area contributed by atoms with Gasteiger partial charge in [-0.25, -0.2) is 0 Å². The van der Waals surface area contributed by atoms with Crippen molar-refractivity contribution >= 4 is 11.7 Å². The van der Waals surface area contributed by atoms with Crippen molar-refractivity contribution in [2.24, 2.45) is 0 Å². The summed E-state index contributed by atoms with van der Waals surface area (Å²) >= 11 is 0. The normalized spacial score (nSPS) is 16.5. The van der Waals surface area contributed by atoms with Gasteiger partial charge in [-0.15, -0.1) is 0 Å². The van der Waals surface area contributed by atoms with Gasteiger partial charge < -0.3 is 15.4 Å². The molecule has 7 nitrogen and oxygen atoms in total. The molecule has 1 unspecified atom stereocenters. The van der Waals surface area contributed by atoms with Gasteiger partial charge in [-0.2, -0.15) is 4.68 Å². The number of hydrogen-bond acceptors (Lipinski definition) is 4. The molecule has 3 rings (SSSR count). The van der Waals surface area contributed by atoms with Crippen molar-refractivity contribution in [1.82, 2.24) is 15.1 Å². The first kappa shape index (κ1) is 13.3. The van der Waals surface area contributed by atoms with Gasteiger partial charge in [0.1, 0.15) is 6.54 Å². The second kappa shape index (κ2) is 5.35. The molecule has 1 aromatic carbocycles. The van der Waals surface area contributed by atoms with Gasteiger partial charge in [-0.1, -0.05) is 24.3 Å². The number of nitrogens with zero attached hydrogens (tertiary/aromatic N) is 3. The van der Waals surface area contributed by atoms with E-state index in [2.05, 4.69) is 16.5 Å². The molecule has 0 aliphatic heterocycles. The SMILES string of the molecule is O=C(Cn1ccc([N+](=O)[O-])n1)NC1CCc2ccccc21. The van der Waals surface area contributed by atoms with Crippen molar-refractivity contribution in [2.75, 3.05) is 0 Å². The minimum absolute atomic E-state index is 0.0132. The maximum Gasteiger partial charge on any atom is 0.389 e. The lowest BCUT2D eigenvalue weighted by Gasteiger charge is -2.13. The minimum Gasteiger partial charge on any atom is -0.358 e. The highest BCUT2D eigenvalue weighted by Crippen LogP contribution is 2.30. The monoisotopic (exact) mass is 286 g/mol. The predicted octanol–water partition coefficient (Wildman–Crippen LogP) is 1.59. The average Bonchev–Trinajstić information content (AvgIpc) is 3.07. The topological polar surface area (TPSA) is 90.1 Å². The first-order valence-electron chi connectivity index (χ1n) is 6.68. The summed E-state index contributed by atoms with van der Waals surface area (Å²) in [6.45, 7) is -0.0213. The van der Waals surface area contributed by atoms with Crippen LogP contribution in [0.1, 0.15) is 23.6 Å². The smallest absolute Gasteiger partial charge is 0.358 e. The van der Waals surface area contributed by atoms with E-state index in [0.717, 1.165) is 18.4 Å². The second-order valence-electron chi connectivity index (χ2n) is 4.99. The molecule has 1 N–H and O–H groups in total. The van der Waals surface area contributed by atoms with Crippen molar-refractivity contribution in [3.8, 4) is 0 Å². The van der Waals surface area contributed by atoms with Gasteiger partial charge in [0.05, 0.1) is 23.4 Å². The lowest BCUT2D eigenvalue weighted by Crippen LogP contribution is -2.30. The second-order valence-corrected chi connectivity index (χ2v) is 4.99. The predicted molar refractivity (Wildman–Crippen MR) is 74.5 cm³/mol. The van der Waals surface area contributed by atoms with E-state index in [-0.39, 0.29) is 24.3 Å². The molecule has 1 heterocycles. The molecular formula is C14H14N4O3. The Hall–Kier alpha value is -2.70. The zero-order valence-electron chi connectivity index (χ0n) is 11.2. The van der Waals surface area contributed by atoms with Crippen LogP contribution < -0.4 is 5.32 Å². The van der Waals surface area contributed by atoms with Crippen molar-refractivity contribution in [3.05, 3.63) is 57.8 Å². The number of hydrogen-bond donors (Lipinski definition) is 1. The van der Waals surface area contributed by atoms with Gasteiger partial charge >= 0.3 is 5.82 Å². The summed E-state index contributed by atoms with van der Waals surface area (Å²) in [6, 6.07) is 9.33. The fraction of sp³-hybridized carbons (Fsp3) is 0.286. The number of nitro groups is 1. The Morgan fingerprint density at radius 1 is 1.43 bits per heavy atom. The molecule has 7 heteroatoms. The summed E-state index contributed by atoms with van der Waals surface area (Å²) in [5.41, 5.74) is 2.41. The first-order chi connectivity index (χ1) is 10.1. The Morgan fingerprint density at radius 3 is 3.00 bits per heavy atom. The lowest BCUT2D eigenvalue weighted by atomic mass is 10.1. The largest absolute Gasteiger partial charge is 0.389 e. The highest BCUT2D eigenvalue weighted by atomic mass is 16.6. The maximum atomic E-state index is 12.0. The van der Waals surface area contributed by atoms with E-state index in [1.807, 2.05) is 18.2 Å². The van der Waals surface area contributed by atoms with Crippen LogP contribution in [0.4, 0.5) is 5.82 Å². The third kappa shape index (κ3) is 2.76. The van der Waals surface area contributed by atoms with E-state index in [1.54, 1.807) is 0 Å². The van der Waals surface area contributed by atoms with Crippen LogP contribution in [0.25, 0.3) is 0 Å². The molecule has 1 aliphatic carbocycles. The molecule has 0 saturated heterocycles. The number of carbonyl (C=O) groups excluding carboxylic acids is 1. The Kier molecular flexibility index (Phi) is 3.39. The molecule has 1 amide bonds. The van der Waals surface area contributed by atoms with E-state index in [0.29, 0.717) is 0 Å². The van der Waals surface area contributed by atoms with Crippen LogP contribution in [0.15, 0.2) is 36.5 Å². The van der Waals surface area contributed by atoms with E-state index in [4.69, 9.17) is 0 Å². The fourth-order valence-corrected chi connectivity index (χ4v) is 2.63. The molecule has 0 bridgehead atoms. The zero-order valence-corrected chi connectivity index (χ0v) is 11.2. The summed E-state index contributed by atoms with van der Waals surface area (Å²) in [4.78, 5) is 22.0. The quantitative estimate of drug-likeness (QED) is 0.682. The number of nitrogens with one attached hydrogen (secondary N) is 1. The molecule has 1 aliphatic rings. The summed E-state index contributed by atoms with van der Waals surface area (Å²) in [5.74, 6) is -0.455. The third-order valence-electron chi connectivity index (χ3n) is 3.59. The summed E-state index contributed by atoms with van der Waals surface area (Å²) in [6.07, 6.45) is 3.26. The number of aromatic nitrogens is 2. The molecular weight excluding hydrogens is 272 g/mol. The fourth-order valence-electron chi connectivity index (χ4n) is 2.63. The highest BCUT2D eigenvalue weighted by molar-refractivity contribution is 5.76. The van der Waals surface area contributed by atoms with Gasteiger partial charge in [-0.3, -0.25) is 4.79 Å². The zero-order chi connectivity index (χ0) is 14.8. The molecule has 1 aromatic heterocycles. The number of carbonyl (C=O) groups is 1. The average molecular weight is 286 g/mol.